The standard InChI is InChI=1S/C14H22N2O4S/c1-10-5-3-4-6-11(10)8-15-21(19,20)12-7-13(14(17)18)16(2)9-12/h7,9-11,15H,3-6,8H2,1-2H3,(H,17,18). The molecule has 1 saturated carbocycles. The maximum Gasteiger partial charge on any atom is 0.352 e. The molecule has 1 aromatic rings. The molecular formula is C14H22N2O4S. The fourth-order valence-corrected chi connectivity index (χ4v) is 4.05. The fraction of sp³-hybridized carbons (Fsp3) is 0.643. The van der Waals surface area contributed by atoms with Crippen molar-refractivity contribution in [1.82, 2.24) is 9.29 Å². The van der Waals surface area contributed by atoms with Crippen LogP contribution >= 0.6 is 0 Å². The first-order chi connectivity index (χ1) is 9.81. The van der Waals surface area contributed by atoms with Gasteiger partial charge in [-0.1, -0.05) is 26.2 Å². The number of aromatic nitrogens is 1. The number of nitrogens with zero attached hydrogens (tertiary/aromatic N) is 1. The third kappa shape index (κ3) is 3.65. The number of rotatable bonds is 5. The molecule has 2 N–H and O–H groups in total. The minimum absolute atomic E-state index is 0.00543. The summed E-state index contributed by atoms with van der Waals surface area (Å²) in [6, 6.07) is 1.19. The molecule has 0 amide bonds. The zero-order valence-corrected chi connectivity index (χ0v) is 13.2. The number of hydrogen-bond acceptors (Lipinski definition) is 3. The molecular weight excluding hydrogens is 292 g/mol. The van der Waals surface area contributed by atoms with Gasteiger partial charge in [0.05, 0.1) is 0 Å². The van der Waals surface area contributed by atoms with Gasteiger partial charge in [0, 0.05) is 19.8 Å². The van der Waals surface area contributed by atoms with Crippen LogP contribution in [0.1, 0.15) is 43.1 Å². The van der Waals surface area contributed by atoms with Crippen molar-refractivity contribution in [3.63, 3.8) is 0 Å². The summed E-state index contributed by atoms with van der Waals surface area (Å²) in [5, 5.41) is 8.98. The lowest BCUT2D eigenvalue weighted by Crippen LogP contribution is -2.33. The summed E-state index contributed by atoms with van der Waals surface area (Å²) in [7, 11) is -2.13. The molecule has 0 saturated heterocycles. The number of sulfonamides is 1. The van der Waals surface area contributed by atoms with Gasteiger partial charge in [0.1, 0.15) is 10.6 Å². The number of aromatic carboxylic acids is 1. The summed E-state index contributed by atoms with van der Waals surface area (Å²) in [6.07, 6.45) is 5.87. The SMILES string of the molecule is CC1CCCCC1CNS(=O)(=O)c1cc(C(=O)O)n(C)c1. The molecule has 0 aliphatic heterocycles. The van der Waals surface area contributed by atoms with E-state index in [1.165, 1.54) is 30.3 Å². The molecule has 2 unspecified atom stereocenters. The fourth-order valence-electron chi connectivity index (χ4n) is 2.89. The number of hydrogen-bond donors (Lipinski definition) is 2. The van der Waals surface area contributed by atoms with Crippen molar-refractivity contribution in [2.24, 2.45) is 18.9 Å². The van der Waals surface area contributed by atoms with Crippen LogP contribution in [0.4, 0.5) is 0 Å². The van der Waals surface area contributed by atoms with Crippen LogP contribution in [-0.2, 0) is 17.1 Å². The second kappa shape index (κ2) is 6.19. The van der Waals surface area contributed by atoms with E-state index in [1.807, 2.05) is 0 Å². The van der Waals surface area contributed by atoms with E-state index in [2.05, 4.69) is 11.6 Å². The predicted molar refractivity (Wildman–Crippen MR) is 78.7 cm³/mol. The van der Waals surface area contributed by atoms with Crippen LogP contribution in [0.2, 0.25) is 0 Å². The Balaban J connectivity index is 2.08. The van der Waals surface area contributed by atoms with Gasteiger partial charge in [-0.2, -0.15) is 0 Å². The molecule has 0 bridgehead atoms. The highest BCUT2D eigenvalue weighted by molar-refractivity contribution is 7.89. The van der Waals surface area contributed by atoms with Gasteiger partial charge in [-0.25, -0.2) is 17.9 Å². The van der Waals surface area contributed by atoms with E-state index >= 15 is 0 Å². The molecule has 0 spiro atoms. The molecule has 0 radical (unpaired) electrons. The predicted octanol–water partition coefficient (Wildman–Crippen LogP) is 1.83. The van der Waals surface area contributed by atoms with Gasteiger partial charge < -0.3 is 9.67 Å². The van der Waals surface area contributed by atoms with Crippen LogP contribution in [0.15, 0.2) is 17.2 Å². The van der Waals surface area contributed by atoms with Crippen molar-refractivity contribution in [2.75, 3.05) is 6.54 Å². The molecule has 2 rings (SSSR count). The lowest BCUT2D eigenvalue weighted by molar-refractivity contribution is 0.0686. The van der Waals surface area contributed by atoms with Gasteiger partial charge in [-0.05, 0) is 24.3 Å². The summed E-state index contributed by atoms with van der Waals surface area (Å²) in [5.74, 6) is -0.261. The van der Waals surface area contributed by atoms with Crippen LogP contribution in [-0.4, -0.2) is 30.6 Å². The monoisotopic (exact) mass is 314 g/mol. The van der Waals surface area contributed by atoms with Crippen LogP contribution in [0.25, 0.3) is 0 Å². The zero-order chi connectivity index (χ0) is 15.6. The van der Waals surface area contributed by atoms with Crippen molar-refractivity contribution in [1.29, 1.82) is 0 Å². The average molecular weight is 314 g/mol. The minimum Gasteiger partial charge on any atom is -0.477 e. The quantitative estimate of drug-likeness (QED) is 0.868. The van der Waals surface area contributed by atoms with Crippen molar-refractivity contribution in [3.05, 3.63) is 18.0 Å². The Bertz CT molecular complexity index is 621. The van der Waals surface area contributed by atoms with Gasteiger partial charge in [-0.3, -0.25) is 0 Å². The highest BCUT2D eigenvalue weighted by atomic mass is 32.2. The number of carboxylic acid groups (broad SMARTS) is 1. The molecule has 0 aromatic carbocycles. The van der Waals surface area contributed by atoms with Gasteiger partial charge >= 0.3 is 5.97 Å². The number of carbonyl (C=O) groups is 1. The second-order valence-electron chi connectivity index (χ2n) is 5.85. The minimum atomic E-state index is -3.65. The molecule has 118 valence electrons. The average Bonchev–Trinajstić information content (AvgIpc) is 2.81. The Labute approximate surface area is 125 Å². The Hall–Kier alpha value is -1.34. The van der Waals surface area contributed by atoms with Gasteiger partial charge in [0.25, 0.3) is 0 Å². The molecule has 1 aliphatic carbocycles. The van der Waals surface area contributed by atoms with Gasteiger partial charge in [0.2, 0.25) is 10.0 Å². The van der Waals surface area contributed by atoms with E-state index in [-0.39, 0.29) is 10.6 Å². The molecule has 7 heteroatoms. The van der Waals surface area contributed by atoms with E-state index < -0.39 is 16.0 Å². The number of aryl methyl sites for hydroxylation is 1. The Morgan fingerprint density at radius 2 is 2.10 bits per heavy atom. The van der Waals surface area contributed by atoms with Crippen LogP contribution in [0.5, 0.6) is 0 Å². The van der Waals surface area contributed by atoms with Crippen LogP contribution < -0.4 is 4.72 Å². The summed E-state index contributed by atoms with van der Waals surface area (Å²) < 4.78 is 28.4. The number of carboxylic acids is 1. The topological polar surface area (TPSA) is 88.4 Å². The van der Waals surface area contributed by atoms with Gasteiger partial charge in [0.15, 0.2) is 0 Å². The maximum absolute atomic E-state index is 12.3. The van der Waals surface area contributed by atoms with E-state index in [1.54, 1.807) is 0 Å². The Morgan fingerprint density at radius 1 is 1.43 bits per heavy atom. The third-order valence-corrected chi connectivity index (χ3v) is 5.72. The summed E-state index contributed by atoms with van der Waals surface area (Å²) in [5.41, 5.74) is -0.0404. The van der Waals surface area contributed by atoms with Crippen molar-refractivity contribution in [2.45, 2.75) is 37.5 Å². The molecule has 1 aliphatic rings. The van der Waals surface area contributed by atoms with Crippen molar-refractivity contribution in [3.8, 4) is 0 Å². The maximum atomic E-state index is 12.3. The van der Waals surface area contributed by atoms with E-state index in [4.69, 9.17) is 5.11 Å². The van der Waals surface area contributed by atoms with E-state index in [0.29, 0.717) is 18.4 Å². The smallest absolute Gasteiger partial charge is 0.352 e. The van der Waals surface area contributed by atoms with Crippen molar-refractivity contribution < 1.29 is 18.3 Å². The normalized spacial score (nSPS) is 23.1. The summed E-state index contributed by atoms with van der Waals surface area (Å²) >= 11 is 0. The molecule has 1 fully saturated rings. The van der Waals surface area contributed by atoms with Crippen molar-refractivity contribution >= 4 is 16.0 Å². The highest BCUT2D eigenvalue weighted by Crippen LogP contribution is 2.29. The Kier molecular flexibility index (Phi) is 4.73. The van der Waals surface area contributed by atoms with E-state index in [9.17, 15) is 13.2 Å². The molecule has 1 heterocycles. The zero-order valence-electron chi connectivity index (χ0n) is 12.4. The second-order valence-corrected chi connectivity index (χ2v) is 7.62. The lowest BCUT2D eigenvalue weighted by Gasteiger charge is -2.28. The summed E-state index contributed by atoms with van der Waals surface area (Å²) in [4.78, 5) is 11.0. The Morgan fingerprint density at radius 3 is 2.67 bits per heavy atom. The first-order valence-corrected chi connectivity index (χ1v) is 8.69. The first-order valence-electron chi connectivity index (χ1n) is 7.20. The largest absolute Gasteiger partial charge is 0.477 e. The van der Waals surface area contributed by atoms with Gasteiger partial charge in [-0.15, -0.1) is 0 Å². The molecule has 1 aromatic heterocycles. The van der Waals surface area contributed by atoms with E-state index in [0.717, 1.165) is 19.3 Å². The summed E-state index contributed by atoms with van der Waals surface area (Å²) in [6.45, 7) is 2.57. The molecule has 6 nitrogen and oxygen atoms in total. The first kappa shape index (κ1) is 16.0. The third-order valence-electron chi connectivity index (χ3n) is 4.33. The lowest BCUT2D eigenvalue weighted by atomic mass is 9.81. The van der Waals surface area contributed by atoms with Crippen LogP contribution in [0.3, 0.4) is 0 Å². The number of nitrogens with one attached hydrogen (secondary N) is 1. The molecule has 2 atom stereocenters. The molecule has 21 heavy (non-hydrogen) atoms. The van der Waals surface area contributed by atoms with Crippen LogP contribution in [0, 0.1) is 11.8 Å². The highest BCUT2D eigenvalue weighted by Gasteiger charge is 2.25.